The molecule has 0 spiro atoms. The Morgan fingerprint density at radius 1 is 1.28 bits per heavy atom. The number of amides is 2. The molecular weight excluding hydrogens is 374 g/mol. The van der Waals surface area contributed by atoms with E-state index in [4.69, 9.17) is 9.15 Å². The van der Waals surface area contributed by atoms with Crippen LogP contribution in [0.2, 0.25) is 0 Å². The second kappa shape index (κ2) is 9.06. The van der Waals surface area contributed by atoms with Gasteiger partial charge in [0, 0.05) is 50.0 Å². The summed E-state index contributed by atoms with van der Waals surface area (Å²) in [4.78, 5) is 30.9. The van der Waals surface area contributed by atoms with E-state index in [0.29, 0.717) is 29.3 Å². The number of anilines is 1. The number of methoxy groups -OCH3 is 1. The first-order chi connectivity index (χ1) is 13.9. The molecule has 2 heterocycles. The molecule has 0 aliphatic carbocycles. The van der Waals surface area contributed by atoms with Crippen LogP contribution in [0.25, 0.3) is 11.3 Å². The van der Waals surface area contributed by atoms with Crippen molar-refractivity contribution in [3.8, 4) is 17.1 Å². The van der Waals surface area contributed by atoms with E-state index < -0.39 is 17.4 Å². The predicted octanol–water partition coefficient (Wildman–Crippen LogP) is 1.09. The zero-order valence-corrected chi connectivity index (χ0v) is 16.9. The van der Waals surface area contributed by atoms with Gasteiger partial charge in [0.15, 0.2) is 12.2 Å². The van der Waals surface area contributed by atoms with Crippen LogP contribution in [-0.4, -0.2) is 67.1 Å². The van der Waals surface area contributed by atoms with E-state index in [-0.39, 0.29) is 0 Å². The summed E-state index contributed by atoms with van der Waals surface area (Å²) in [6.07, 6.45) is 2.90. The number of piperazine rings is 1. The van der Waals surface area contributed by atoms with Crippen molar-refractivity contribution >= 4 is 17.5 Å². The minimum atomic E-state index is -0.729. The second-order valence-corrected chi connectivity index (χ2v) is 7.60. The molecule has 1 fully saturated rings. The number of nitrogens with zero attached hydrogens (tertiary/aromatic N) is 2. The lowest BCUT2D eigenvalue weighted by Gasteiger charge is -2.35. The van der Waals surface area contributed by atoms with E-state index in [1.807, 2.05) is 13.8 Å². The number of ether oxygens (including phenoxy) is 1. The van der Waals surface area contributed by atoms with Crippen molar-refractivity contribution in [2.24, 2.45) is 0 Å². The molecule has 9 heteroatoms. The third-order valence-electron chi connectivity index (χ3n) is 4.64. The molecule has 29 heavy (non-hydrogen) atoms. The monoisotopic (exact) mass is 401 g/mol. The van der Waals surface area contributed by atoms with Gasteiger partial charge < -0.3 is 25.1 Å². The van der Waals surface area contributed by atoms with Crippen molar-refractivity contribution in [1.29, 1.82) is 0 Å². The molecule has 1 saturated heterocycles. The lowest BCUT2D eigenvalue weighted by atomic mass is 10.0. The van der Waals surface area contributed by atoms with Gasteiger partial charge in [-0.15, -0.1) is 0 Å². The molecule has 9 nitrogen and oxygen atoms in total. The highest BCUT2D eigenvalue weighted by atomic mass is 16.5. The number of nitrogens with one attached hydrogen (secondary N) is 3. The number of hydrogen-bond donors (Lipinski definition) is 3. The standard InChI is InChI=1S/C20H27N5O4/c1-20(2,12-25-8-6-21-7-9-25)24-19(27)18(26)23-14-4-5-15(16(10-14)28-3)17-11-22-13-29-17/h4-5,10-11,13,21H,6-9,12H2,1-3H3,(H,23,26)(H,24,27). The first-order valence-electron chi connectivity index (χ1n) is 9.51. The molecule has 156 valence electrons. The maximum Gasteiger partial charge on any atom is 0.313 e. The first kappa shape index (κ1) is 20.8. The van der Waals surface area contributed by atoms with Crippen LogP contribution >= 0.6 is 0 Å². The molecule has 0 radical (unpaired) electrons. The SMILES string of the molecule is COc1cc(NC(=O)C(=O)NC(C)(C)CN2CCNCC2)ccc1-c1cnco1. The zero-order valence-electron chi connectivity index (χ0n) is 16.9. The van der Waals surface area contributed by atoms with Gasteiger partial charge in [0.05, 0.1) is 18.9 Å². The van der Waals surface area contributed by atoms with Crippen LogP contribution in [0.3, 0.4) is 0 Å². The van der Waals surface area contributed by atoms with E-state index in [0.717, 1.165) is 26.2 Å². The zero-order chi connectivity index (χ0) is 20.9. The number of carbonyl (C=O) groups is 2. The highest BCUT2D eigenvalue weighted by molar-refractivity contribution is 6.39. The van der Waals surface area contributed by atoms with E-state index in [1.165, 1.54) is 13.5 Å². The third-order valence-corrected chi connectivity index (χ3v) is 4.64. The van der Waals surface area contributed by atoms with E-state index in [1.54, 1.807) is 24.4 Å². The average molecular weight is 401 g/mol. The van der Waals surface area contributed by atoms with Crippen LogP contribution < -0.4 is 20.7 Å². The van der Waals surface area contributed by atoms with Crippen LogP contribution in [0, 0.1) is 0 Å². The molecule has 1 aliphatic heterocycles. The molecule has 0 unspecified atom stereocenters. The number of aromatic nitrogens is 1. The van der Waals surface area contributed by atoms with Crippen LogP contribution in [0.1, 0.15) is 13.8 Å². The second-order valence-electron chi connectivity index (χ2n) is 7.60. The Hall–Kier alpha value is -2.91. The maximum atomic E-state index is 12.4. The van der Waals surface area contributed by atoms with Crippen molar-refractivity contribution in [3.05, 3.63) is 30.8 Å². The van der Waals surface area contributed by atoms with Gasteiger partial charge in [0.1, 0.15) is 5.75 Å². The Labute approximate surface area is 169 Å². The molecule has 2 aromatic rings. The molecule has 1 aliphatic rings. The summed E-state index contributed by atoms with van der Waals surface area (Å²) in [7, 11) is 1.52. The van der Waals surface area contributed by atoms with Crippen molar-refractivity contribution in [1.82, 2.24) is 20.5 Å². The molecule has 1 aromatic heterocycles. The lowest BCUT2D eigenvalue weighted by molar-refractivity contribution is -0.137. The van der Waals surface area contributed by atoms with Crippen LogP contribution in [-0.2, 0) is 9.59 Å². The quantitative estimate of drug-likeness (QED) is 0.622. The number of benzene rings is 1. The van der Waals surface area contributed by atoms with Gasteiger partial charge in [0.2, 0.25) is 0 Å². The maximum absolute atomic E-state index is 12.4. The fourth-order valence-corrected chi connectivity index (χ4v) is 3.34. The lowest BCUT2D eigenvalue weighted by Crippen LogP contribution is -2.56. The fraction of sp³-hybridized carbons (Fsp3) is 0.450. The van der Waals surface area contributed by atoms with Crippen molar-refractivity contribution < 1.29 is 18.7 Å². The first-order valence-corrected chi connectivity index (χ1v) is 9.51. The molecule has 3 rings (SSSR count). The molecule has 0 atom stereocenters. The Bertz CT molecular complexity index is 845. The summed E-state index contributed by atoms with van der Waals surface area (Å²) in [5.41, 5.74) is 0.620. The summed E-state index contributed by atoms with van der Waals surface area (Å²) in [5.74, 6) is -0.359. The van der Waals surface area contributed by atoms with Gasteiger partial charge in [-0.1, -0.05) is 0 Å². The van der Waals surface area contributed by atoms with Crippen molar-refractivity contribution in [3.63, 3.8) is 0 Å². The summed E-state index contributed by atoms with van der Waals surface area (Å²) < 4.78 is 10.7. The highest BCUT2D eigenvalue weighted by Gasteiger charge is 2.27. The Balaban J connectivity index is 1.61. The Morgan fingerprint density at radius 3 is 2.69 bits per heavy atom. The van der Waals surface area contributed by atoms with Crippen LogP contribution in [0.15, 0.2) is 35.2 Å². The third kappa shape index (κ3) is 5.55. The largest absolute Gasteiger partial charge is 0.496 e. The predicted molar refractivity (Wildman–Crippen MR) is 109 cm³/mol. The van der Waals surface area contributed by atoms with E-state index in [2.05, 4.69) is 25.8 Å². The normalized spacial score (nSPS) is 15.0. The molecule has 3 N–H and O–H groups in total. The minimum Gasteiger partial charge on any atom is -0.496 e. The molecule has 2 amide bonds. The van der Waals surface area contributed by atoms with Crippen molar-refractivity contribution in [2.45, 2.75) is 19.4 Å². The Kier molecular flexibility index (Phi) is 6.50. The summed E-state index contributed by atoms with van der Waals surface area (Å²) >= 11 is 0. The van der Waals surface area contributed by atoms with Gasteiger partial charge in [-0.2, -0.15) is 0 Å². The number of carbonyl (C=O) groups excluding carboxylic acids is 2. The summed E-state index contributed by atoms with van der Waals surface area (Å²) in [6.45, 7) is 8.19. The molecular formula is C20H27N5O4. The molecule has 1 aromatic carbocycles. The number of hydrogen-bond acceptors (Lipinski definition) is 7. The smallest absolute Gasteiger partial charge is 0.313 e. The minimum absolute atomic E-state index is 0.449. The van der Waals surface area contributed by atoms with E-state index in [9.17, 15) is 9.59 Å². The van der Waals surface area contributed by atoms with Gasteiger partial charge in [0.25, 0.3) is 0 Å². The van der Waals surface area contributed by atoms with Crippen LogP contribution in [0.5, 0.6) is 5.75 Å². The van der Waals surface area contributed by atoms with Crippen molar-refractivity contribution in [2.75, 3.05) is 45.2 Å². The fourth-order valence-electron chi connectivity index (χ4n) is 3.34. The van der Waals surface area contributed by atoms with Crippen LogP contribution in [0.4, 0.5) is 5.69 Å². The van der Waals surface area contributed by atoms with Gasteiger partial charge in [-0.05, 0) is 26.0 Å². The topological polar surface area (TPSA) is 109 Å². The van der Waals surface area contributed by atoms with E-state index >= 15 is 0 Å². The molecule has 0 bridgehead atoms. The average Bonchev–Trinajstić information content (AvgIpc) is 3.22. The van der Waals surface area contributed by atoms with Gasteiger partial charge in [-0.25, -0.2) is 4.98 Å². The number of rotatable bonds is 6. The van der Waals surface area contributed by atoms with Gasteiger partial charge >= 0.3 is 11.8 Å². The number of oxazole rings is 1. The van der Waals surface area contributed by atoms with Gasteiger partial charge in [-0.3, -0.25) is 14.5 Å². The highest BCUT2D eigenvalue weighted by Crippen LogP contribution is 2.32. The summed E-state index contributed by atoms with van der Waals surface area (Å²) in [5, 5.41) is 8.73. The molecule has 0 saturated carbocycles. The Morgan fingerprint density at radius 2 is 2.03 bits per heavy atom. The summed E-state index contributed by atoms with van der Waals surface area (Å²) in [6, 6.07) is 5.05.